The minimum absolute atomic E-state index is 0.319. The molecule has 1 N–H and O–H groups in total. The minimum Gasteiger partial charge on any atom is -0.411 e. The summed E-state index contributed by atoms with van der Waals surface area (Å²) < 4.78 is 0. The van der Waals surface area contributed by atoms with Gasteiger partial charge in [0.2, 0.25) is 0 Å². The van der Waals surface area contributed by atoms with Crippen LogP contribution < -0.4 is 0 Å². The van der Waals surface area contributed by atoms with E-state index in [-0.39, 0.29) is 0 Å². The summed E-state index contributed by atoms with van der Waals surface area (Å²) >= 11 is 5.48. The monoisotopic (exact) mass is 171 g/mol. The van der Waals surface area contributed by atoms with Gasteiger partial charge in [-0.25, -0.2) is 0 Å². The predicted octanol–water partition coefficient (Wildman–Crippen LogP) is 1.33. The lowest BCUT2D eigenvalue weighted by Gasteiger charge is -1.93. The largest absolute Gasteiger partial charge is 0.411 e. The first-order chi connectivity index (χ1) is 5.24. The second-order valence-electron chi connectivity index (χ2n) is 1.93. The summed E-state index contributed by atoms with van der Waals surface area (Å²) in [6.45, 7) is 1.62. The summed E-state index contributed by atoms with van der Waals surface area (Å²) in [5, 5.41) is 18.9. The Morgan fingerprint density at radius 2 is 2.27 bits per heavy atom. The van der Waals surface area contributed by atoms with Crippen LogP contribution in [0.1, 0.15) is 12.6 Å². The van der Waals surface area contributed by atoms with Crippen LogP contribution in [-0.2, 0) is 0 Å². The van der Waals surface area contributed by atoms with Gasteiger partial charge in [0.05, 0.1) is 0 Å². The summed E-state index contributed by atoms with van der Waals surface area (Å²) in [6.07, 6.45) is 0. The molecule has 0 aliphatic rings. The molecule has 1 rings (SSSR count). The Morgan fingerprint density at radius 3 is 2.73 bits per heavy atom. The number of rotatable bonds is 1. The third-order valence-corrected chi connectivity index (χ3v) is 1.35. The van der Waals surface area contributed by atoms with E-state index in [0.29, 0.717) is 16.6 Å². The van der Waals surface area contributed by atoms with Crippen molar-refractivity contribution in [3.63, 3.8) is 0 Å². The maximum absolute atomic E-state index is 8.34. The van der Waals surface area contributed by atoms with Gasteiger partial charge in [-0.1, -0.05) is 16.8 Å². The van der Waals surface area contributed by atoms with Gasteiger partial charge in [0.1, 0.15) is 11.4 Å². The van der Waals surface area contributed by atoms with Crippen LogP contribution in [0.2, 0.25) is 5.15 Å². The minimum atomic E-state index is 0.319. The van der Waals surface area contributed by atoms with Crippen molar-refractivity contribution in [3.05, 3.63) is 23.0 Å². The van der Waals surface area contributed by atoms with Gasteiger partial charge in [-0.05, 0) is 19.1 Å². The molecule has 4 nitrogen and oxygen atoms in total. The van der Waals surface area contributed by atoms with E-state index in [1.807, 2.05) is 0 Å². The number of nitrogens with zero attached hydrogens (tertiary/aromatic N) is 3. The number of hydrogen-bond acceptors (Lipinski definition) is 4. The van der Waals surface area contributed by atoms with Crippen molar-refractivity contribution in [3.8, 4) is 0 Å². The van der Waals surface area contributed by atoms with E-state index >= 15 is 0 Å². The van der Waals surface area contributed by atoms with E-state index in [9.17, 15) is 0 Å². The number of hydrogen-bond donors (Lipinski definition) is 1. The first kappa shape index (κ1) is 7.94. The van der Waals surface area contributed by atoms with E-state index in [2.05, 4.69) is 15.4 Å². The highest BCUT2D eigenvalue weighted by atomic mass is 35.5. The van der Waals surface area contributed by atoms with Crippen molar-refractivity contribution in [2.75, 3.05) is 0 Å². The van der Waals surface area contributed by atoms with Crippen molar-refractivity contribution < 1.29 is 5.21 Å². The van der Waals surface area contributed by atoms with Gasteiger partial charge >= 0.3 is 0 Å². The lowest BCUT2D eigenvalue weighted by molar-refractivity contribution is 0.319. The Bertz CT molecular complexity index is 270. The molecule has 0 unspecified atom stereocenters. The average molecular weight is 172 g/mol. The molecule has 1 aromatic rings. The zero-order valence-electron chi connectivity index (χ0n) is 5.82. The maximum atomic E-state index is 8.34. The molecule has 0 saturated heterocycles. The molecule has 0 bridgehead atoms. The van der Waals surface area contributed by atoms with Crippen LogP contribution in [0.4, 0.5) is 0 Å². The van der Waals surface area contributed by atoms with Crippen LogP contribution in [0.25, 0.3) is 0 Å². The molecule has 1 aromatic heterocycles. The zero-order valence-corrected chi connectivity index (χ0v) is 6.58. The van der Waals surface area contributed by atoms with Crippen LogP contribution in [0, 0.1) is 0 Å². The fourth-order valence-corrected chi connectivity index (χ4v) is 0.661. The van der Waals surface area contributed by atoms with Gasteiger partial charge in [-0.15, -0.1) is 10.2 Å². The molecule has 0 spiro atoms. The molecule has 0 radical (unpaired) electrons. The van der Waals surface area contributed by atoms with Gasteiger partial charge in [-0.2, -0.15) is 0 Å². The van der Waals surface area contributed by atoms with Crippen molar-refractivity contribution in [1.29, 1.82) is 0 Å². The number of aromatic nitrogens is 2. The quantitative estimate of drug-likeness (QED) is 0.394. The molecule has 0 atom stereocenters. The molecule has 0 saturated carbocycles. The Hall–Kier alpha value is -1.16. The van der Waals surface area contributed by atoms with Gasteiger partial charge in [-0.3, -0.25) is 0 Å². The molecule has 58 valence electrons. The van der Waals surface area contributed by atoms with Crippen LogP contribution in [0.3, 0.4) is 0 Å². The Morgan fingerprint density at radius 1 is 1.55 bits per heavy atom. The van der Waals surface area contributed by atoms with Crippen molar-refractivity contribution >= 4 is 17.3 Å². The van der Waals surface area contributed by atoms with Crippen LogP contribution in [0.15, 0.2) is 17.3 Å². The van der Waals surface area contributed by atoms with E-state index in [1.54, 1.807) is 19.1 Å². The zero-order chi connectivity index (χ0) is 8.27. The van der Waals surface area contributed by atoms with Crippen molar-refractivity contribution in [1.82, 2.24) is 10.2 Å². The smallest absolute Gasteiger partial charge is 0.151 e. The molecular formula is C6H6ClN3O. The summed E-state index contributed by atoms with van der Waals surface area (Å²) in [7, 11) is 0. The van der Waals surface area contributed by atoms with E-state index in [4.69, 9.17) is 16.8 Å². The average Bonchev–Trinajstić information content (AvgIpc) is 2.05. The van der Waals surface area contributed by atoms with Crippen LogP contribution in [-0.4, -0.2) is 21.1 Å². The summed E-state index contributed by atoms with van der Waals surface area (Å²) in [4.78, 5) is 0. The Balaban J connectivity index is 2.99. The first-order valence-electron chi connectivity index (χ1n) is 2.92. The van der Waals surface area contributed by atoms with E-state index in [0.717, 1.165) is 0 Å². The fourth-order valence-electron chi connectivity index (χ4n) is 0.560. The highest BCUT2D eigenvalue weighted by molar-refractivity contribution is 6.29. The topological polar surface area (TPSA) is 58.4 Å². The fraction of sp³-hybridized carbons (Fsp3) is 0.167. The molecule has 0 aromatic carbocycles. The summed E-state index contributed by atoms with van der Waals surface area (Å²) in [5.74, 6) is 0. The Labute approximate surface area is 68.5 Å². The highest BCUT2D eigenvalue weighted by Gasteiger charge is 1.98. The molecule has 5 heteroatoms. The van der Waals surface area contributed by atoms with Crippen molar-refractivity contribution in [2.45, 2.75) is 6.92 Å². The van der Waals surface area contributed by atoms with Crippen LogP contribution >= 0.6 is 11.6 Å². The van der Waals surface area contributed by atoms with E-state index in [1.165, 1.54) is 0 Å². The summed E-state index contributed by atoms with van der Waals surface area (Å²) in [5.41, 5.74) is 0.922. The highest BCUT2D eigenvalue weighted by Crippen LogP contribution is 2.02. The SMILES string of the molecule is C/C(=N\O)c1ccc(Cl)nn1. The molecule has 1 heterocycles. The Kier molecular flexibility index (Phi) is 2.38. The lowest BCUT2D eigenvalue weighted by Crippen LogP contribution is -1.99. The molecule has 0 aliphatic carbocycles. The predicted molar refractivity (Wildman–Crippen MR) is 41.0 cm³/mol. The summed E-state index contributed by atoms with van der Waals surface area (Å²) in [6, 6.07) is 3.21. The second-order valence-corrected chi connectivity index (χ2v) is 2.31. The van der Waals surface area contributed by atoms with Crippen molar-refractivity contribution in [2.24, 2.45) is 5.16 Å². The molecule has 0 aliphatic heterocycles. The number of halogens is 1. The third-order valence-electron chi connectivity index (χ3n) is 1.15. The van der Waals surface area contributed by atoms with Gasteiger partial charge in [0.25, 0.3) is 0 Å². The second kappa shape index (κ2) is 3.30. The lowest BCUT2D eigenvalue weighted by atomic mass is 10.3. The normalized spacial score (nSPS) is 11.6. The molecule has 0 fully saturated rings. The first-order valence-corrected chi connectivity index (χ1v) is 3.30. The van der Waals surface area contributed by atoms with Gasteiger partial charge < -0.3 is 5.21 Å². The standard InChI is InChI=1S/C6H6ClN3O/c1-4(10-11)5-2-3-6(7)9-8-5/h2-3,11H,1H3/b10-4+. The van der Waals surface area contributed by atoms with Gasteiger partial charge in [0.15, 0.2) is 5.15 Å². The van der Waals surface area contributed by atoms with Gasteiger partial charge in [0, 0.05) is 0 Å². The molecule has 0 amide bonds. The molecular weight excluding hydrogens is 166 g/mol. The maximum Gasteiger partial charge on any atom is 0.151 e. The van der Waals surface area contributed by atoms with Crippen LogP contribution in [0.5, 0.6) is 0 Å². The van der Waals surface area contributed by atoms with E-state index < -0.39 is 0 Å². The molecule has 11 heavy (non-hydrogen) atoms. The third kappa shape index (κ3) is 1.88. The number of oxime groups is 1.